The minimum atomic E-state index is -1.13. The van der Waals surface area contributed by atoms with Crippen LogP contribution in [0, 0.1) is 10.1 Å². The number of hydrogen-bond donors (Lipinski definition) is 2. The maximum atomic E-state index is 12.4. The number of morpholine rings is 1. The van der Waals surface area contributed by atoms with E-state index in [2.05, 4.69) is 10.2 Å². The SMILES string of the molecule is C[C@H](OC(=O)c1cc([N+](=O)[O-])ccc1N)C(=O)Nc1ccc(N2CCOCC2)cc1. The summed E-state index contributed by atoms with van der Waals surface area (Å²) in [6, 6.07) is 10.7. The van der Waals surface area contributed by atoms with Crippen molar-refractivity contribution < 1.29 is 24.0 Å². The van der Waals surface area contributed by atoms with E-state index >= 15 is 0 Å². The zero-order valence-corrected chi connectivity index (χ0v) is 16.4. The number of nitro groups is 1. The number of carbonyl (C=O) groups is 2. The number of ether oxygens (including phenoxy) is 2. The van der Waals surface area contributed by atoms with Crippen molar-refractivity contribution in [2.45, 2.75) is 13.0 Å². The maximum Gasteiger partial charge on any atom is 0.341 e. The molecule has 30 heavy (non-hydrogen) atoms. The molecule has 3 rings (SSSR count). The number of nitrogens with one attached hydrogen (secondary N) is 1. The number of nitro benzene ring substituents is 1. The fourth-order valence-corrected chi connectivity index (χ4v) is 2.93. The summed E-state index contributed by atoms with van der Waals surface area (Å²) in [6.45, 7) is 4.37. The van der Waals surface area contributed by atoms with E-state index in [9.17, 15) is 19.7 Å². The predicted octanol–water partition coefficient (Wildman–Crippen LogP) is 2.20. The third kappa shape index (κ3) is 5.03. The molecule has 1 atom stereocenters. The minimum absolute atomic E-state index is 0.0249. The lowest BCUT2D eigenvalue weighted by molar-refractivity contribution is -0.384. The second kappa shape index (κ2) is 9.23. The van der Waals surface area contributed by atoms with Crippen LogP contribution >= 0.6 is 0 Å². The van der Waals surface area contributed by atoms with Crippen molar-refractivity contribution in [3.05, 3.63) is 58.1 Å². The number of carbonyl (C=O) groups excluding carboxylic acids is 2. The summed E-state index contributed by atoms with van der Waals surface area (Å²) < 4.78 is 10.5. The molecule has 0 bridgehead atoms. The van der Waals surface area contributed by atoms with Crippen LogP contribution in [-0.4, -0.2) is 49.2 Å². The van der Waals surface area contributed by atoms with Gasteiger partial charge in [-0.05, 0) is 37.3 Å². The Kier molecular flexibility index (Phi) is 6.48. The monoisotopic (exact) mass is 414 g/mol. The van der Waals surface area contributed by atoms with Gasteiger partial charge in [-0.1, -0.05) is 0 Å². The molecule has 1 fully saturated rings. The van der Waals surface area contributed by atoms with Crippen LogP contribution in [0.15, 0.2) is 42.5 Å². The minimum Gasteiger partial charge on any atom is -0.449 e. The molecular weight excluding hydrogens is 392 g/mol. The normalized spacial score (nSPS) is 14.6. The molecule has 158 valence electrons. The summed E-state index contributed by atoms with van der Waals surface area (Å²) in [7, 11) is 0. The third-order valence-electron chi connectivity index (χ3n) is 4.63. The number of amides is 1. The Balaban J connectivity index is 1.60. The quantitative estimate of drug-likeness (QED) is 0.318. The lowest BCUT2D eigenvalue weighted by atomic mass is 10.1. The Morgan fingerprint density at radius 3 is 2.50 bits per heavy atom. The van der Waals surface area contributed by atoms with Crippen molar-refractivity contribution >= 4 is 34.6 Å². The molecule has 2 aromatic carbocycles. The van der Waals surface area contributed by atoms with Gasteiger partial charge in [0, 0.05) is 42.3 Å². The Morgan fingerprint density at radius 2 is 1.87 bits per heavy atom. The Morgan fingerprint density at radius 1 is 1.20 bits per heavy atom. The van der Waals surface area contributed by atoms with E-state index in [0.29, 0.717) is 18.9 Å². The van der Waals surface area contributed by atoms with E-state index in [0.717, 1.165) is 24.8 Å². The fraction of sp³-hybridized carbons (Fsp3) is 0.300. The number of non-ortho nitro benzene ring substituents is 1. The average molecular weight is 414 g/mol. The van der Waals surface area contributed by atoms with Gasteiger partial charge < -0.3 is 25.4 Å². The number of anilines is 3. The first-order valence-electron chi connectivity index (χ1n) is 9.33. The Labute approximate surface area is 172 Å². The van der Waals surface area contributed by atoms with Gasteiger partial charge in [0.1, 0.15) is 0 Å². The second-order valence-electron chi connectivity index (χ2n) is 6.71. The molecule has 1 saturated heterocycles. The lowest BCUT2D eigenvalue weighted by Crippen LogP contribution is -2.36. The van der Waals surface area contributed by atoms with Crippen LogP contribution in [0.2, 0.25) is 0 Å². The second-order valence-corrected chi connectivity index (χ2v) is 6.71. The van der Waals surface area contributed by atoms with Gasteiger partial charge in [-0.15, -0.1) is 0 Å². The molecular formula is C20H22N4O6. The number of rotatable bonds is 6. The maximum absolute atomic E-state index is 12.4. The summed E-state index contributed by atoms with van der Waals surface area (Å²) in [5.74, 6) is -1.45. The first-order chi connectivity index (χ1) is 14.3. The van der Waals surface area contributed by atoms with E-state index in [1.807, 2.05) is 12.1 Å². The lowest BCUT2D eigenvalue weighted by Gasteiger charge is -2.28. The number of benzene rings is 2. The molecule has 0 unspecified atom stereocenters. The summed E-state index contributed by atoms with van der Waals surface area (Å²) in [4.78, 5) is 37.1. The smallest absolute Gasteiger partial charge is 0.341 e. The molecule has 2 aromatic rings. The highest BCUT2D eigenvalue weighted by Gasteiger charge is 2.22. The van der Waals surface area contributed by atoms with Crippen molar-refractivity contribution in [1.82, 2.24) is 0 Å². The van der Waals surface area contributed by atoms with Gasteiger partial charge in [-0.25, -0.2) is 4.79 Å². The average Bonchev–Trinajstić information content (AvgIpc) is 2.74. The Hall–Kier alpha value is -3.66. The van der Waals surface area contributed by atoms with Crippen LogP contribution in [0.3, 0.4) is 0 Å². The zero-order chi connectivity index (χ0) is 21.7. The van der Waals surface area contributed by atoms with Gasteiger partial charge in [-0.2, -0.15) is 0 Å². The summed E-state index contributed by atoms with van der Waals surface area (Å²) >= 11 is 0. The molecule has 3 N–H and O–H groups in total. The predicted molar refractivity (Wildman–Crippen MR) is 110 cm³/mol. The van der Waals surface area contributed by atoms with Crippen molar-refractivity contribution in [2.24, 2.45) is 0 Å². The summed E-state index contributed by atoms with van der Waals surface area (Å²) in [5, 5.41) is 13.6. The van der Waals surface area contributed by atoms with Gasteiger partial charge in [0.25, 0.3) is 11.6 Å². The van der Waals surface area contributed by atoms with Crippen molar-refractivity contribution in [3.63, 3.8) is 0 Å². The van der Waals surface area contributed by atoms with Crippen LogP contribution in [0.25, 0.3) is 0 Å². The number of hydrogen-bond acceptors (Lipinski definition) is 8. The van der Waals surface area contributed by atoms with E-state index < -0.39 is 22.9 Å². The van der Waals surface area contributed by atoms with Gasteiger partial charge in [0.15, 0.2) is 6.10 Å². The standard InChI is InChI=1S/C20H22N4O6/c1-13(30-20(26)17-12-16(24(27)28)6-7-18(17)21)19(25)22-14-2-4-15(5-3-14)23-8-10-29-11-9-23/h2-7,12-13H,8-11,21H2,1H3,(H,22,25)/t13-/m0/s1. The van der Waals surface area contributed by atoms with E-state index in [1.165, 1.54) is 19.1 Å². The number of nitrogens with two attached hydrogens (primary N) is 1. The van der Waals surface area contributed by atoms with Crippen LogP contribution in [0.5, 0.6) is 0 Å². The van der Waals surface area contributed by atoms with Crippen LogP contribution < -0.4 is 16.0 Å². The fourth-order valence-electron chi connectivity index (χ4n) is 2.93. The highest BCUT2D eigenvalue weighted by molar-refractivity contribution is 5.99. The third-order valence-corrected chi connectivity index (χ3v) is 4.63. The number of esters is 1. The molecule has 0 radical (unpaired) electrons. The van der Waals surface area contributed by atoms with Crippen molar-refractivity contribution in [3.8, 4) is 0 Å². The van der Waals surface area contributed by atoms with Crippen molar-refractivity contribution in [1.29, 1.82) is 0 Å². The van der Waals surface area contributed by atoms with Crippen molar-refractivity contribution in [2.75, 3.05) is 42.3 Å². The van der Waals surface area contributed by atoms with Crippen LogP contribution in [0.4, 0.5) is 22.7 Å². The van der Waals surface area contributed by atoms with Crippen LogP contribution in [0.1, 0.15) is 17.3 Å². The molecule has 0 spiro atoms. The highest BCUT2D eigenvalue weighted by Crippen LogP contribution is 2.22. The molecule has 0 saturated carbocycles. The molecule has 1 heterocycles. The zero-order valence-electron chi connectivity index (χ0n) is 16.4. The highest BCUT2D eigenvalue weighted by atomic mass is 16.6. The van der Waals surface area contributed by atoms with E-state index in [-0.39, 0.29) is 16.9 Å². The van der Waals surface area contributed by atoms with E-state index in [4.69, 9.17) is 15.2 Å². The van der Waals surface area contributed by atoms with E-state index in [1.54, 1.807) is 12.1 Å². The summed E-state index contributed by atoms with van der Waals surface area (Å²) in [5.41, 5.74) is 6.84. The first-order valence-corrected chi connectivity index (χ1v) is 9.33. The molecule has 1 aliphatic rings. The number of nitrogens with zero attached hydrogens (tertiary/aromatic N) is 2. The molecule has 1 amide bonds. The first kappa shape index (κ1) is 21.1. The molecule has 0 aliphatic carbocycles. The molecule has 1 aliphatic heterocycles. The topological polar surface area (TPSA) is 137 Å². The summed E-state index contributed by atoms with van der Waals surface area (Å²) in [6.07, 6.45) is -1.13. The van der Waals surface area contributed by atoms with Gasteiger partial charge in [0.2, 0.25) is 0 Å². The largest absolute Gasteiger partial charge is 0.449 e. The van der Waals surface area contributed by atoms with Gasteiger partial charge in [-0.3, -0.25) is 14.9 Å². The number of nitrogen functional groups attached to an aromatic ring is 1. The Bertz CT molecular complexity index is 941. The molecule has 10 heteroatoms. The van der Waals surface area contributed by atoms with Gasteiger partial charge in [0.05, 0.1) is 23.7 Å². The van der Waals surface area contributed by atoms with Crippen LogP contribution in [-0.2, 0) is 14.3 Å². The molecule has 10 nitrogen and oxygen atoms in total. The van der Waals surface area contributed by atoms with Gasteiger partial charge >= 0.3 is 5.97 Å². The molecule has 0 aromatic heterocycles.